The Kier molecular flexibility index (Phi) is 6.73. The number of hydrazone groups is 1. The first-order chi connectivity index (χ1) is 14.5. The van der Waals surface area contributed by atoms with Crippen LogP contribution in [0.5, 0.6) is 11.5 Å². The van der Waals surface area contributed by atoms with Gasteiger partial charge in [0.1, 0.15) is 18.1 Å². The maximum absolute atomic E-state index is 12.0. The number of hydrogen-bond acceptors (Lipinski definition) is 6. The molecule has 3 aromatic carbocycles. The molecular formula is C22H19N3O5. The van der Waals surface area contributed by atoms with Crippen molar-refractivity contribution in [1.82, 2.24) is 5.43 Å². The van der Waals surface area contributed by atoms with Gasteiger partial charge in [-0.15, -0.1) is 0 Å². The third-order valence-electron chi connectivity index (χ3n) is 4.16. The van der Waals surface area contributed by atoms with Gasteiger partial charge < -0.3 is 9.47 Å². The fourth-order valence-corrected chi connectivity index (χ4v) is 2.50. The van der Waals surface area contributed by atoms with Crippen molar-refractivity contribution in [2.75, 3.05) is 7.11 Å². The summed E-state index contributed by atoms with van der Waals surface area (Å²) in [5.74, 6) is 0.996. The summed E-state index contributed by atoms with van der Waals surface area (Å²) in [7, 11) is 1.56. The number of nitrogens with zero attached hydrogens (tertiary/aromatic N) is 2. The zero-order valence-corrected chi connectivity index (χ0v) is 16.1. The monoisotopic (exact) mass is 405 g/mol. The lowest BCUT2D eigenvalue weighted by Gasteiger charge is -2.06. The summed E-state index contributed by atoms with van der Waals surface area (Å²) in [6.45, 7) is 0.295. The van der Waals surface area contributed by atoms with Gasteiger partial charge in [-0.25, -0.2) is 5.43 Å². The zero-order chi connectivity index (χ0) is 21.3. The molecule has 0 aliphatic rings. The van der Waals surface area contributed by atoms with Crippen LogP contribution in [-0.4, -0.2) is 24.2 Å². The van der Waals surface area contributed by atoms with Gasteiger partial charge in [0, 0.05) is 17.7 Å². The first-order valence-electron chi connectivity index (χ1n) is 8.99. The molecule has 0 aromatic heterocycles. The molecule has 0 saturated heterocycles. The highest BCUT2D eigenvalue weighted by molar-refractivity contribution is 5.95. The first-order valence-corrected chi connectivity index (χ1v) is 8.99. The summed E-state index contributed by atoms with van der Waals surface area (Å²) in [4.78, 5) is 22.3. The third-order valence-corrected chi connectivity index (χ3v) is 4.16. The average molecular weight is 405 g/mol. The van der Waals surface area contributed by atoms with Crippen LogP contribution in [0.4, 0.5) is 5.69 Å². The van der Waals surface area contributed by atoms with Gasteiger partial charge in [0.25, 0.3) is 11.6 Å². The van der Waals surface area contributed by atoms with Gasteiger partial charge in [0.05, 0.1) is 18.2 Å². The molecule has 0 fully saturated rings. The number of benzene rings is 3. The lowest BCUT2D eigenvalue weighted by atomic mass is 10.2. The van der Waals surface area contributed by atoms with E-state index in [0.717, 1.165) is 11.1 Å². The van der Waals surface area contributed by atoms with Crippen molar-refractivity contribution in [3.8, 4) is 11.5 Å². The smallest absolute Gasteiger partial charge is 0.271 e. The molecule has 8 nitrogen and oxygen atoms in total. The summed E-state index contributed by atoms with van der Waals surface area (Å²) in [5, 5.41) is 14.6. The molecule has 0 heterocycles. The molecule has 3 aromatic rings. The summed E-state index contributed by atoms with van der Waals surface area (Å²) >= 11 is 0. The summed E-state index contributed by atoms with van der Waals surface area (Å²) < 4.78 is 10.7. The van der Waals surface area contributed by atoms with E-state index in [4.69, 9.17) is 9.47 Å². The molecule has 0 spiro atoms. The number of nitro benzene ring substituents is 1. The third kappa shape index (κ3) is 5.65. The van der Waals surface area contributed by atoms with Crippen LogP contribution < -0.4 is 14.9 Å². The minimum absolute atomic E-state index is 0.0430. The summed E-state index contributed by atoms with van der Waals surface area (Å²) in [6, 6.07) is 20.1. The number of carbonyl (C=O) groups is 1. The van der Waals surface area contributed by atoms with Crippen LogP contribution >= 0.6 is 0 Å². The van der Waals surface area contributed by atoms with E-state index in [1.165, 1.54) is 18.3 Å². The number of hydrogen-bond donors (Lipinski definition) is 1. The van der Waals surface area contributed by atoms with Crippen LogP contribution in [0.3, 0.4) is 0 Å². The van der Waals surface area contributed by atoms with E-state index < -0.39 is 4.92 Å². The van der Waals surface area contributed by atoms with E-state index in [1.54, 1.807) is 67.8 Å². The Morgan fingerprint density at radius 2 is 1.63 bits per heavy atom. The van der Waals surface area contributed by atoms with Gasteiger partial charge in [-0.3, -0.25) is 14.9 Å². The van der Waals surface area contributed by atoms with Crippen LogP contribution in [0, 0.1) is 10.1 Å². The molecule has 0 atom stereocenters. The molecule has 0 aliphatic heterocycles. The van der Waals surface area contributed by atoms with Gasteiger partial charge in [-0.2, -0.15) is 5.10 Å². The minimum Gasteiger partial charge on any atom is -0.497 e. The van der Waals surface area contributed by atoms with E-state index >= 15 is 0 Å². The van der Waals surface area contributed by atoms with Gasteiger partial charge in [0.2, 0.25) is 0 Å². The number of nitrogens with one attached hydrogen (secondary N) is 1. The quantitative estimate of drug-likeness (QED) is 0.347. The van der Waals surface area contributed by atoms with E-state index in [0.29, 0.717) is 23.7 Å². The number of methoxy groups -OCH3 is 1. The van der Waals surface area contributed by atoms with Crippen molar-refractivity contribution in [3.05, 3.63) is 99.6 Å². The standard InChI is InChI=1S/C22H19N3O5/c1-29-20-12-6-18(7-13-20)22(26)24-23-14-16-4-10-21(11-5-16)30-15-17-2-8-19(9-3-17)25(27)28/h2-14H,15H2,1H3,(H,24,26)/b23-14+. The Bertz CT molecular complexity index is 1030. The fraction of sp³-hybridized carbons (Fsp3) is 0.0909. The molecule has 30 heavy (non-hydrogen) atoms. The molecule has 0 unspecified atom stereocenters. The topological polar surface area (TPSA) is 103 Å². The van der Waals surface area contributed by atoms with Crippen molar-refractivity contribution in [3.63, 3.8) is 0 Å². The second-order valence-electron chi connectivity index (χ2n) is 6.21. The predicted octanol–water partition coefficient (Wildman–Crippen LogP) is 3.95. The molecule has 1 N–H and O–H groups in total. The number of non-ortho nitro benzene ring substituents is 1. The second-order valence-corrected chi connectivity index (χ2v) is 6.21. The van der Waals surface area contributed by atoms with Crippen LogP contribution in [0.25, 0.3) is 0 Å². The highest BCUT2D eigenvalue weighted by Gasteiger charge is 2.05. The summed E-state index contributed by atoms with van der Waals surface area (Å²) in [6.07, 6.45) is 1.53. The highest BCUT2D eigenvalue weighted by atomic mass is 16.6. The molecule has 0 radical (unpaired) electrons. The Balaban J connectivity index is 1.49. The first kappa shape index (κ1) is 20.5. The minimum atomic E-state index is -0.440. The Labute approximate surface area is 172 Å². The molecule has 152 valence electrons. The fourth-order valence-electron chi connectivity index (χ4n) is 2.50. The highest BCUT2D eigenvalue weighted by Crippen LogP contribution is 2.16. The number of rotatable bonds is 8. The van der Waals surface area contributed by atoms with Gasteiger partial charge in [-0.05, 0) is 71.8 Å². The number of carbonyl (C=O) groups excluding carboxylic acids is 1. The number of nitro groups is 1. The Hall–Kier alpha value is -4.20. The molecule has 0 bridgehead atoms. The molecule has 0 saturated carbocycles. The maximum atomic E-state index is 12.0. The molecule has 0 aliphatic carbocycles. The zero-order valence-electron chi connectivity index (χ0n) is 16.1. The average Bonchev–Trinajstić information content (AvgIpc) is 2.78. The largest absolute Gasteiger partial charge is 0.497 e. The van der Waals surface area contributed by atoms with E-state index in [-0.39, 0.29) is 11.6 Å². The maximum Gasteiger partial charge on any atom is 0.271 e. The molecule has 8 heteroatoms. The normalized spacial score (nSPS) is 10.6. The Morgan fingerprint density at radius 3 is 2.23 bits per heavy atom. The lowest BCUT2D eigenvalue weighted by Crippen LogP contribution is -2.17. The lowest BCUT2D eigenvalue weighted by molar-refractivity contribution is -0.384. The van der Waals surface area contributed by atoms with Crippen molar-refractivity contribution in [2.45, 2.75) is 6.61 Å². The van der Waals surface area contributed by atoms with Crippen molar-refractivity contribution >= 4 is 17.8 Å². The van der Waals surface area contributed by atoms with Gasteiger partial charge in [0.15, 0.2) is 0 Å². The van der Waals surface area contributed by atoms with Crippen molar-refractivity contribution in [2.24, 2.45) is 5.10 Å². The SMILES string of the molecule is COc1ccc(C(=O)N/N=C/c2ccc(OCc3ccc([N+](=O)[O-])cc3)cc2)cc1. The van der Waals surface area contributed by atoms with E-state index in [1.807, 2.05) is 0 Å². The van der Waals surface area contributed by atoms with Crippen LogP contribution in [0.2, 0.25) is 0 Å². The summed E-state index contributed by atoms with van der Waals surface area (Å²) in [5.41, 5.74) is 4.60. The number of amides is 1. The molecule has 1 amide bonds. The Morgan fingerprint density at radius 1 is 1.00 bits per heavy atom. The van der Waals surface area contributed by atoms with Gasteiger partial charge >= 0.3 is 0 Å². The van der Waals surface area contributed by atoms with E-state index in [9.17, 15) is 14.9 Å². The molecular weight excluding hydrogens is 386 g/mol. The molecule has 3 rings (SSSR count). The van der Waals surface area contributed by atoms with Crippen molar-refractivity contribution in [1.29, 1.82) is 0 Å². The van der Waals surface area contributed by atoms with Crippen LogP contribution in [-0.2, 0) is 6.61 Å². The van der Waals surface area contributed by atoms with E-state index in [2.05, 4.69) is 10.5 Å². The van der Waals surface area contributed by atoms with Crippen LogP contribution in [0.1, 0.15) is 21.5 Å². The van der Waals surface area contributed by atoms with Crippen LogP contribution in [0.15, 0.2) is 77.9 Å². The van der Waals surface area contributed by atoms with Crippen molar-refractivity contribution < 1.29 is 19.2 Å². The van der Waals surface area contributed by atoms with Gasteiger partial charge in [-0.1, -0.05) is 0 Å². The second kappa shape index (κ2) is 9.83. The number of ether oxygens (including phenoxy) is 2. The predicted molar refractivity (Wildman–Crippen MR) is 112 cm³/mol.